The minimum Gasteiger partial charge on any atom is -0.313 e. The molecule has 72 valence electrons. The van der Waals surface area contributed by atoms with Crippen molar-refractivity contribution >= 4 is 11.9 Å². The van der Waals surface area contributed by atoms with Gasteiger partial charge in [-0.3, -0.25) is 4.79 Å². The lowest BCUT2D eigenvalue weighted by Crippen LogP contribution is -2.18. The van der Waals surface area contributed by atoms with Gasteiger partial charge in [-0.05, 0) is 30.7 Å². The van der Waals surface area contributed by atoms with Gasteiger partial charge in [0.25, 0.3) is 0 Å². The van der Waals surface area contributed by atoms with E-state index in [0.29, 0.717) is 6.54 Å². The van der Waals surface area contributed by atoms with Crippen molar-refractivity contribution in [2.45, 2.75) is 6.42 Å². The fourth-order valence-corrected chi connectivity index (χ4v) is 1.68. The lowest BCUT2D eigenvalue weighted by molar-refractivity contribution is 0.0993. The molecule has 0 aromatic heterocycles. The number of hydrogen-bond acceptors (Lipinski definition) is 2. The van der Waals surface area contributed by atoms with Crippen LogP contribution in [0.2, 0.25) is 0 Å². The van der Waals surface area contributed by atoms with Gasteiger partial charge in [-0.1, -0.05) is 24.3 Å². The molecule has 2 rings (SSSR count). The van der Waals surface area contributed by atoms with Crippen molar-refractivity contribution < 1.29 is 4.79 Å². The molecule has 1 aliphatic carbocycles. The Morgan fingerprint density at radius 3 is 3.14 bits per heavy atom. The first-order valence-corrected chi connectivity index (χ1v) is 4.78. The monoisotopic (exact) mass is 187 g/mol. The number of rotatable bonds is 3. The van der Waals surface area contributed by atoms with Gasteiger partial charge in [-0.15, -0.1) is 0 Å². The summed E-state index contributed by atoms with van der Waals surface area (Å²) in [4.78, 5) is 11.6. The third-order valence-corrected chi connectivity index (χ3v) is 2.44. The summed E-state index contributed by atoms with van der Waals surface area (Å²) in [5.74, 6) is 0.149. The van der Waals surface area contributed by atoms with Crippen molar-refractivity contribution in [3.8, 4) is 0 Å². The van der Waals surface area contributed by atoms with Crippen molar-refractivity contribution in [3.05, 3.63) is 41.0 Å². The van der Waals surface area contributed by atoms with Crippen LogP contribution in [0.4, 0.5) is 0 Å². The Bertz CT molecular complexity index is 393. The second kappa shape index (κ2) is 3.76. The van der Waals surface area contributed by atoms with Gasteiger partial charge in [0.1, 0.15) is 0 Å². The van der Waals surface area contributed by atoms with Crippen LogP contribution in [0.25, 0.3) is 6.08 Å². The van der Waals surface area contributed by atoms with Crippen LogP contribution in [0.5, 0.6) is 0 Å². The third kappa shape index (κ3) is 1.61. The van der Waals surface area contributed by atoms with E-state index in [1.54, 1.807) is 7.05 Å². The number of carbonyl (C=O) groups excluding carboxylic acids is 1. The van der Waals surface area contributed by atoms with Gasteiger partial charge in [-0.25, -0.2) is 0 Å². The van der Waals surface area contributed by atoms with Crippen LogP contribution in [0.15, 0.2) is 24.3 Å². The van der Waals surface area contributed by atoms with Gasteiger partial charge >= 0.3 is 0 Å². The molecule has 0 saturated heterocycles. The smallest absolute Gasteiger partial charge is 0.176 e. The number of allylic oxidation sites excluding steroid dienone is 1. The summed E-state index contributed by atoms with van der Waals surface area (Å²) in [6.07, 6.45) is 5.19. The molecular formula is C12H13NO. The molecule has 0 saturated carbocycles. The van der Waals surface area contributed by atoms with Gasteiger partial charge in [0.05, 0.1) is 6.54 Å². The van der Waals surface area contributed by atoms with Crippen LogP contribution >= 0.6 is 0 Å². The summed E-state index contributed by atoms with van der Waals surface area (Å²) in [5, 5.41) is 2.87. The third-order valence-electron chi connectivity index (χ3n) is 2.44. The molecule has 0 aliphatic heterocycles. The molecule has 1 N–H and O–H groups in total. The minimum atomic E-state index is 0.149. The second-order valence-corrected chi connectivity index (χ2v) is 3.47. The molecule has 2 heteroatoms. The first kappa shape index (κ1) is 9.16. The number of likely N-dealkylation sites (N-methyl/N-ethyl adjacent to an activating group) is 1. The maximum Gasteiger partial charge on any atom is 0.176 e. The van der Waals surface area contributed by atoms with Gasteiger partial charge in [0, 0.05) is 5.56 Å². The quantitative estimate of drug-likeness (QED) is 0.729. The molecule has 0 fully saturated rings. The maximum atomic E-state index is 11.6. The Morgan fingerprint density at radius 2 is 2.36 bits per heavy atom. The molecule has 0 spiro atoms. The van der Waals surface area contributed by atoms with E-state index in [-0.39, 0.29) is 5.78 Å². The molecule has 14 heavy (non-hydrogen) atoms. The van der Waals surface area contributed by atoms with Gasteiger partial charge in [0.2, 0.25) is 0 Å². The van der Waals surface area contributed by atoms with Crippen molar-refractivity contribution in [2.24, 2.45) is 0 Å². The molecule has 0 heterocycles. The lowest BCUT2D eigenvalue weighted by Gasteiger charge is -2.03. The molecule has 0 atom stereocenters. The highest BCUT2D eigenvalue weighted by Crippen LogP contribution is 2.20. The predicted molar refractivity (Wildman–Crippen MR) is 57.4 cm³/mol. The van der Waals surface area contributed by atoms with E-state index in [4.69, 9.17) is 0 Å². The van der Waals surface area contributed by atoms with Gasteiger partial charge < -0.3 is 5.32 Å². The maximum absolute atomic E-state index is 11.6. The normalized spacial score (nSPS) is 12.9. The summed E-state index contributed by atoms with van der Waals surface area (Å²) < 4.78 is 0. The number of nitrogens with one attached hydrogen (secondary N) is 1. The van der Waals surface area contributed by atoms with E-state index in [9.17, 15) is 4.79 Å². The van der Waals surface area contributed by atoms with Crippen LogP contribution in [0, 0.1) is 0 Å². The Kier molecular flexibility index (Phi) is 2.46. The zero-order valence-electron chi connectivity index (χ0n) is 8.21. The van der Waals surface area contributed by atoms with Crippen molar-refractivity contribution in [1.29, 1.82) is 0 Å². The van der Waals surface area contributed by atoms with Crippen LogP contribution in [-0.4, -0.2) is 19.4 Å². The average Bonchev–Trinajstić information content (AvgIpc) is 2.64. The molecule has 0 unspecified atom stereocenters. The summed E-state index contributed by atoms with van der Waals surface area (Å²) in [7, 11) is 1.78. The number of Topliss-reactive ketones (excluding diaryl/α,β-unsaturated/α-hetero) is 1. The van der Waals surface area contributed by atoms with E-state index in [1.807, 2.05) is 18.2 Å². The van der Waals surface area contributed by atoms with Gasteiger partial charge in [0.15, 0.2) is 5.78 Å². The second-order valence-electron chi connectivity index (χ2n) is 3.47. The van der Waals surface area contributed by atoms with E-state index >= 15 is 0 Å². The Balaban J connectivity index is 2.28. The van der Waals surface area contributed by atoms with E-state index in [2.05, 4.69) is 17.5 Å². The molecule has 2 nitrogen and oxygen atoms in total. The van der Waals surface area contributed by atoms with Crippen LogP contribution in [-0.2, 0) is 6.42 Å². The minimum absolute atomic E-state index is 0.149. The molecule has 0 amide bonds. The first-order chi connectivity index (χ1) is 6.81. The van der Waals surface area contributed by atoms with Crippen LogP contribution < -0.4 is 5.32 Å². The summed E-state index contributed by atoms with van der Waals surface area (Å²) >= 11 is 0. The van der Waals surface area contributed by atoms with Crippen LogP contribution in [0.3, 0.4) is 0 Å². The molecule has 1 aliphatic rings. The zero-order valence-corrected chi connectivity index (χ0v) is 8.21. The predicted octanol–water partition coefficient (Wildman–Crippen LogP) is 1.66. The zero-order chi connectivity index (χ0) is 9.97. The highest BCUT2D eigenvalue weighted by molar-refractivity contribution is 5.98. The number of fused-ring (bicyclic) bond motifs is 1. The Hall–Kier alpha value is -1.41. The topological polar surface area (TPSA) is 29.1 Å². The highest BCUT2D eigenvalue weighted by Gasteiger charge is 2.09. The van der Waals surface area contributed by atoms with Crippen molar-refractivity contribution in [3.63, 3.8) is 0 Å². The van der Waals surface area contributed by atoms with Crippen molar-refractivity contribution in [1.82, 2.24) is 5.32 Å². The fourth-order valence-electron chi connectivity index (χ4n) is 1.68. The highest BCUT2D eigenvalue weighted by atomic mass is 16.1. The number of benzene rings is 1. The lowest BCUT2D eigenvalue weighted by atomic mass is 10.0. The van der Waals surface area contributed by atoms with E-state index in [1.165, 1.54) is 11.1 Å². The molecule has 0 bridgehead atoms. The average molecular weight is 187 g/mol. The molecule has 1 aromatic rings. The molecule has 1 aromatic carbocycles. The SMILES string of the molecule is CNCC(=O)c1ccc2c(c1)C=CC2. The summed E-state index contributed by atoms with van der Waals surface area (Å²) in [5.41, 5.74) is 3.29. The fraction of sp³-hybridized carbons (Fsp3) is 0.250. The van der Waals surface area contributed by atoms with E-state index < -0.39 is 0 Å². The molecular weight excluding hydrogens is 174 g/mol. The summed E-state index contributed by atoms with van der Waals surface area (Å²) in [6.45, 7) is 0.405. The number of hydrogen-bond donors (Lipinski definition) is 1. The van der Waals surface area contributed by atoms with E-state index in [0.717, 1.165) is 12.0 Å². The largest absolute Gasteiger partial charge is 0.313 e. The number of carbonyl (C=O) groups is 1. The van der Waals surface area contributed by atoms with Crippen LogP contribution in [0.1, 0.15) is 21.5 Å². The van der Waals surface area contributed by atoms with Gasteiger partial charge in [-0.2, -0.15) is 0 Å². The number of ketones is 1. The summed E-state index contributed by atoms with van der Waals surface area (Å²) in [6, 6.07) is 5.92. The standard InChI is InChI=1S/C12H13NO/c1-13-8-12(14)11-6-5-9-3-2-4-10(9)7-11/h2,4-7,13H,3,8H2,1H3. The van der Waals surface area contributed by atoms with Crippen molar-refractivity contribution in [2.75, 3.05) is 13.6 Å². The first-order valence-electron chi connectivity index (χ1n) is 4.78. The Morgan fingerprint density at radius 1 is 1.50 bits per heavy atom. The molecule has 0 radical (unpaired) electrons. The Labute approximate surface area is 83.6 Å².